The number of anilines is 1. The first-order valence-corrected chi connectivity index (χ1v) is 14.0. The second-order valence-electron chi connectivity index (χ2n) is 10.4. The third-order valence-electron chi connectivity index (χ3n) is 7.66. The second kappa shape index (κ2) is 11.5. The van der Waals surface area contributed by atoms with E-state index in [0.29, 0.717) is 28.3 Å². The van der Waals surface area contributed by atoms with E-state index in [1.807, 2.05) is 58.0 Å². The molecular formula is C32H32FN5O3. The number of fused-ring (bicyclic) bond motifs is 1. The number of pyridine rings is 1. The van der Waals surface area contributed by atoms with E-state index in [2.05, 4.69) is 22.4 Å². The van der Waals surface area contributed by atoms with Gasteiger partial charge in [-0.25, -0.2) is 9.82 Å². The van der Waals surface area contributed by atoms with E-state index in [1.54, 1.807) is 18.3 Å². The zero-order chi connectivity index (χ0) is 28.3. The van der Waals surface area contributed by atoms with Gasteiger partial charge < -0.3 is 19.1 Å². The van der Waals surface area contributed by atoms with Crippen LogP contribution in [-0.4, -0.2) is 54.3 Å². The monoisotopic (exact) mass is 553 g/mol. The molecule has 1 saturated heterocycles. The van der Waals surface area contributed by atoms with Crippen molar-refractivity contribution in [1.82, 2.24) is 14.9 Å². The molecule has 6 rings (SSSR count). The van der Waals surface area contributed by atoms with E-state index in [4.69, 9.17) is 4.74 Å². The standard InChI is InChI=1S/C32H32FN5O3/c1-2-36-13-15-37(16-14-36)30-19-29-26(18-28(30)33)31(39)27(21-38(29)23-11-12-23)32(40)35-34-20-22-7-6-10-25(17-22)41-24-8-4-3-5-9-24/h3-10,17-21,23H,2,11-16H2,1H3,(H,35,40)/b34-20-. The normalized spacial score (nSPS) is 15.9. The van der Waals surface area contributed by atoms with Crippen molar-refractivity contribution in [1.29, 1.82) is 0 Å². The summed E-state index contributed by atoms with van der Waals surface area (Å²) in [5, 5.41) is 4.27. The van der Waals surface area contributed by atoms with Gasteiger partial charge in [0.15, 0.2) is 0 Å². The summed E-state index contributed by atoms with van der Waals surface area (Å²) in [6.45, 7) is 6.28. The Labute approximate surface area is 237 Å². The number of rotatable bonds is 8. The second-order valence-corrected chi connectivity index (χ2v) is 10.4. The van der Waals surface area contributed by atoms with Crippen molar-refractivity contribution in [2.45, 2.75) is 25.8 Å². The lowest BCUT2D eigenvalue weighted by Gasteiger charge is -2.35. The van der Waals surface area contributed by atoms with Crippen molar-refractivity contribution in [2.75, 3.05) is 37.6 Å². The van der Waals surface area contributed by atoms with Crippen LogP contribution in [-0.2, 0) is 0 Å². The first-order valence-electron chi connectivity index (χ1n) is 14.0. The molecule has 0 atom stereocenters. The van der Waals surface area contributed by atoms with E-state index in [-0.39, 0.29) is 17.0 Å². The van der Waals surface area contributed by atoms with E-state index >= 15 is 4.39 Å². The van der Waals surface area contributed by atoms with Gasteiger partial charge in [0.2, 0.25) is 5.43 Å². The van der Waals surface area contributed by atoms with E-state index < -0.39 is 17.2 Å². The number of hydrazone groups is 1. The van der Waals surface area contributed by atoms with Gasteiger partial charge in [-0.2, -0.15) is 5.10 Å². The molecule has 3 aromatic carbocycles. The Morgan fingerprint density at radius 3 is 2.51 bits per heavy atom. The molecule has 0 bridgehead atoms. The van der Waals surface area contributed by atoms with Gasteiger partial charge in [0.05, 0.1) is 17.4 Å². The highest BCUT2D eigenvalue weighted by atomic mass is 19.1. The fraction of sp³-hybridized carbons (Fsp3) is 0.281. The summed E-state index contributed by atoms with van der Waals surface area (Å²) in [6, 6.07) is 19.9. The zero-order valence-electron chi connectivity index (χ0n) is 22.9. The molecule has 1 N–H and O–H groups in total. The Bertz CT molecular complexity index is 1660. The van der Waals surface area contributed by atoms with Gasteiger partial charge in [0.25, 0.3) is 5.91 Å². The fourth-order valence-electron chi connectivity index (χ4n) is 5.23. The van der Waals surface area contributed by atoms with Gasteiger partial charge >= 0.3 is 0 Å². The van der Waals surface area contributed by atoms with Crippen molar-refractivity contribution in [3.63, 3.8) is 0 Å². The average Bonchev–Trinajstić information content (AvgIpc) is 3.84. The molecule has 1 amide bonds. The molecule has 4 aromatic rings. The summed E-state index contributed by atoms with van der Waals surface area (Å²) in [5.41, 5.74) is 3.76. The highest BCUT2D eigenvalue weighted by molar-refractivity contribution is 5.98. The number of nitrogens with one attached hydrogen (secondary N) is 1. The fourth-order valence-corrected chi connectivity index (χ4v) is 5.23. The van der Waals surface area contributed by atoms with Crippen LogP contribution in [0.4, 0.5) is 10.1 Å². The maximum Gasteiger partial charge on any atom is 0.276 e. The predicted octanol–water partition coefficient (Wildman–Crippen LogP) is 5.17. The molecule has 2 aliphatic rings. The lowest BCUT2D eigenvalue weighted by Crippen LogP contribution is -2.46. The predicted molar refractivity (Wildman–Crippen MR) is 159 cm³/mol. The van der Waals surface area contributed by atoms with Crippen LogP contribution in [0, 0.1) is 5.82 Å². The highest BCUT2D eigenvalue weighted by Crippen LogP contribution is 2.38. The minimum atomic E-state index is -0.639. The molecule has 9 heteroatoms. The summed E-state index contributed by atoms with van der Waals surface area (Å²) in [6.07, 6.45) is 4.97. The van der Waals surface area contributed by atoms with Crippen molar-refractivity contribution in [3.8, 4) is 11.5 Å². The Hall–Kier alpha value is -4.50. The largest absolute Gasteiger partial charge is 0.457 e. The maximum absolute atomic E-state index is 15.4. The Kier molecular flexibility index (Phi) is 7.52. The van der Waals surface area contributed by atoms with Crippen LogP contribution in [0.3, 0.4) is 0 Å². The van der Waals surface area contributed by atoms with E-state index in [1.165, 1.54) is 12.3 Å². The molecule has 1 aromatic heterocycles. The number of hydrogen-bond acceptors (Lipinski definition) is 6. The summed E-state index contributed by atoms with van der Waals surface area (Å²) in [5.74, 6) is 0.247. The Balaban J connectivity index is 1.23. The molecule has 0 spiro atoms. The summed E-state index contributed by atoms with van der Waals surface area (Å²) in [7, 11) is 0. The lowest BCUT2D eigenvalue weighted by molar-refractivity contribution is 0.0953. The molecule has 2 heterocycles. The Morgan fingerprint density at radius 2 is 1.78 bits per heavy atom. The summed E-state index contributed by atoms with van der Waals surface area (Å²) in [4.78, 5) is 30.9. The number of piperazine rings is 1. The molecule has 210 valence electrons. The Morgan fingerprint density at radius 1 is 1.02 bits per heavy atom. The number of amides is 1. The topological polar surface area (TPSA) is 79.2 Å². The van der Waals surface area contributed by atoms with Crippen LogP contribution < -0.4 is 20.5 Å². The average molecular weight is 554 g/mol. The van der Waals surface area contributed by atoms with Crippen LogP contribution >= 0.6 is 0 Å². The number of halogens is 1. The van der Waals surface area contributed by atoms with E-state index in [9.17, 15) is 9.59 Å². The van der Waals surface area contributed by atoms with Crippen LogP contribution in [0.25, 0.3) is 10.9 Å². The third kappa shape index (κ3) is 5.85. The summed E-state index contributed by atoms with van der Waals surface area (Å²) < 4.78 is 23.2. The number of nitrogens with zero attached hydrogens (tertiary/aromatic N) is 4. The van der Waals surface area contributed by atoms with Crippen LogP contribution in [0.2, 0.25) is 0 Å². The SMILES string of the molecule is CCN1CCN(c2cc3c(cc2F)c(=O)c(C(=O)N/N=C\c2cccc(Oc4ccccc4)c2)cn3C2CC2)CC1. The molecule has 41 heavy (non-hydrogen) atoms. The number of benzene rings is 3. The number of hydrogen-bond donors (Lipinski definition) is 1. The van der Waals surface area contributed by atoms with E-state index in [0.717, 1.165) is 45.6 Å². The number of carbonyl (C=O) groups is 1. The molecule has 8 nitrogen and oxygen atoms in total. The minimum absolute atomic E-state index is 0.0635. The van der Waals surface area contributed by atoms with Crippen molar-refractivity contribution in [2.24, 2.45) is 5.10 Å². The molecule has 2 fully saturated rings. The maximum atomic E-state index is 15.4. The molecular weight excluding hydrogens is 521 g/mol. The number of para-hydroxylation sites is 1. The quantitative estimate of drug-likeness (QED) is 0.241. The molecule has 1 aliphatic carbocycles. The molecule has 0 unspecified atom stereocenters. The number of aromatic nitrogens is 1. The smallest absolute Gasteiger partial charge is 0.276 e. The number of ether oxygens (including phenoxy) is 1. The van der Waals surface area contributed by atoms with Gasteiger partial charge in [-0.05, 0) is 61.3 Å². The molecule has 1 aliphatic heterocycles. The van der Waals surface area contributed by atoms with Gasteiger partial charge in [-0.15, -0.1) is 0 Å². The molecule has 0 radical (unpaired) electrons. The first kappa shape index (κ1) is 26.7. The molecule has 1 saturated carbocycles. The van der Waals surface area contributed by atoms with Gasteiger partial charge in [0.1, 0.15) is 22.9 Å². The van der Waals surface area contributed by atoms with Crippen molar-refractivity contribution in [3.05, 3.63) is 100 Å². The van der Waals surface area contributed by atoms with Gasteiger partial charge in [0, 0.05) is 43.8 Å². The third-order valence-corrected chi connectivity index (χ3v) is 7.66. The van der Waals surface area contributed by atoms with Crippen LogP contribution in [0.1, 0.15) is 41.7 Å². The van der Waals surface area contributed by atoms with Crippen molar-refractivity contribution < 1.29 is 13.9 Å². The number of likely N-dealkylation sites (N-methyl/N-ethyl adjacent to an activating group) is 1. The highest BCUT2D eigenvalue weighted by Gasteiger charge is 2.28. The first-order chi connectivity index (χ1) is 20.0. The summed E-state index contributed by atoms with van der Waals surface area (Å²) >= 11 is 0. The van der Waals surface area contributed by atoms with Gasteiger partial charge in [-0.3, -0.25) is 9.59 Å². The minimum Gasteiger partial charge on any atom is -0.457 e. The van der Waals surface area contributed by atoms with Crippen LogP contribution in [0.5, 0.6) is 11.5 Å². The van der Waals surface area contributed by atoms with Crippen molar-refractivity contribution >= 4 is 28.7 Å². The number of carbonyl (C=O) groups excluding carboxylic acids is 1. The lowest BCUT2D eigenvalue weighted by atomic mass is 10.1. The van der Waals surface area contributed by atoms with Crippen LogP contribution in [0.15, 0.2) is 82.8 Å². The van der Waals surface area contributed by atoms with Gasteiger partial charge in [-0.1, -0.05) is 37.3 Å². The zero-order valence-corrected chi connectivity index (χ0v) is 22.9.